The number of halogens is 1. The van der Waals surface area contributed by atoms with Crippen LogP contribution < -0.4 is 11.5 Å². The van der Waals surface area contributed by atoms with E-state index in [2.05, 4.69) is 18.8 Å². The molecule has 0 aromatic heterocycles. The van der Waals surface area contributed by atoms with Crippen LogP contribution in [0.15, 0.2) is 4.99 Å². The molecule has 0 aliphatic carbocycles. The number of aliphatic imine (C=N–C) groups is 1. The normalized spacial score (nSPS) is 11.8. The zero-order chi connectivity index (χ0) is 19.3. The number of rotatable bonds is 20. The number of nitrogens with two attached hydrogens (primary N) is 2. The van der Waals surface area contributed by atoms with E-state index in [0.717, 1.165) is 25.6 Å². The van der Waals surface area contributed by atoms with Gasteiger partial charge in [-0.25, -0.2) is 0 Å². The monoisotopic (exact) mass is 405 g/mol. The molecule has 0 saturated carbocycles. The van der Waals surface area contributed by atoms with Crippen LogP contribution in [0.3, 0.4) is 0 Å². The minimum Gasteiger partial charge on any atom is -0.381 e. The van der Waals surface area contributed by atoms with E-state index in [1.54, 1.807) is 0 Å². The first-order valence-electron chi connectivity index (χ1n) is 11.3. The molecule has 4 N–H and O–H groups in total. The molecule has 0 aliphatic heterocycles. The molecule has 0 aromatic rings. The fourth-order valence-corrected chi connectivity index (χ4v) is 3.36. The maximum atomic E-state index is 5.92. The molecule has 0 saturated heterocycles. The van der Waals surface area contributed by atoms with Gasteiger partial charge in [-0.15, -0.1) is 12.4 Å². The molecule has 1 atom stereocenters. The van der Waals surface area contributed by atoms with E-state index in [1.807, 2.05) is 0 Å². The van der Waals surface area contributed by atoms with Crippen LogP contribution >= 0.6 is 12.4 Å². The molecular weight excluding hydrogens is 358 g/mol. The van der Waals surface area contributed by atoms with Crippen molar-refractivity contribution >= 4 is 18.4 Å². The summed E-state index contributed by atoms with van der Waals surface area (Å²) in [7, 11) is 0. The Kier molecular flexibility index (Phi) is 25.1. The largest absolute Gasteiger partial charge is 0.381 e. The van der Waals surface area contributed by atoms with Gasteiger partial charge in [0.25, 0.3) is 0 Å². The highest BCUT2D eigenvalue weighted by Crippen LogP contribution is 2.19. The van der Waals surface area contributed by atoms with Gasteiger partial charge in [0.2, 0.25) is 0 Å². The predicted octanol–water partition coefficient (Wildman–Crippen LogP) is 6.21. The first kappa shape index (κ1) is 28.7. The molecule has 0 fully saturated rings. The molecular formula is C22H48ClN3O. The second-order valence-corrected chi connectivity index (χ2v) is 7.71. The lowest BCUT2D eigenvalue weighted by atomic mass is 9.95. The van der Waals surface area contributed by atoms with Gasteiger partial charge in [0.1, 0.15) is 0 Å². The Morgan fingerprint density at radius 1 is 0.741 bits per heavy atom. The smallest absolute Gasteiger partial charge is 0.185 e. The summed E-state index contributed by atoms with van der Waals surface area (Å²) in [6.45, 7) is 6.90. The van der Waals surface area contributed by atoms with Crippen molar-refractivity contribution < 1.29 is 4.74 Å². The molecule has 164 valence electrons. The second-order valence-electron chi connectivity index (χ2n) is 7.71. The summed E-state index contributed by atoms with van der Waals surface area (Å²) in [6.07, 6.45) is 20.1. The fourth-order valence-electron chi connectivity index (χ4n) is 3.36. The Morgan fingerprint density at radius 2 is 1.22 bits per heavy atom. The van der Waals surface area contributed by atoms with Crippen LogP contribution in [0.4, 0.5) is 0 Å². The zero-order valence-corrected chi connectivity index (χ0v) is 19.0. The Hall–Kier alpha value is -0.480. The summed E-state index contributed by atoms with van der Waals surface area (Å²) < 4.78 is 5.92. The number of guanidine groups is 1. The molecule has 0 heterocycles. The quantitative estimate of drug-likeness (QED) is 0.144. The van der Waals surface area contributed by atoms with Crippen LogP contribution in [-0.4, -0.2) is 25.7 Å². The van der Waals surface area contributed by atoms with Crippen LogP contribution in [0.25, 0.3) is 0 Å². The van der Waals surface area contributed by atoms with Crippen LogP contribution in [0.1, 0.15) is 110 Å². The third kappa shape index (κ3) is 23.5. The Balaban J connectivity index is 0. The summed E-state index contributed by atoms with van der Waals surface area (Å²) >= 11 is 0. The predicted molar refractivity (Wildman–Crippen MR) is 123 cm³/mol. The van der Waals surface area contributed by atoms with Crippen LogP contribution in [-0.2, 0) is 4.74 Å². The van der Waals surface area contributed by atoms with E-state index in [-0.39, 0.29) is 18.4 Å². The molecule has 0 amide bonds. The lowest BCUT2D eigenvalue weighted by molar-refractivity contribution is 0.0903. The van der Waals surface area contributed by atoms with E-state index >= 15 is 0 Å². The highest BCUT2D eigenvalue weighted by molar-refractivity contribution is 5.85. The number of hydrogen-bond donors (Lipinski definition) is 2. The van der Waals surface area contributed by atoms with E-state index in [9.17, 15) is 0 Å². The maximum Gasteiger partial charge on any atom is 0.185 e. The van der Waals surface area contributed by atoms with Gasteiger partial charge in [0, 0.05) is 19.8 Å². The van der Waals surface area contributed by atoms with Gasteiger partial charge in [-0.1, -0.05) is 90.9 Å². The number of ether oxygens (including phenoxy) is 1. The van der Waals surface area contributed by atoms with Gasteiger partial charge in [-0.2, -0.15) is 0 Å². The van der Waals surface area contributed by atoms with Crippen molar-refractivity contribution in [3.8, 4) is 0 Å². The molecule has 4 nitrogen and oxygen atoms in total. The van der Waals surface area contributed by atoms with Crippen LogP contribution in [0.2, 0.25) is 0 Å². The average Bonchev–Trinajstić information content (AvgIpc) is 2.62. The van der Waals surface area contributed by atoms with Crippen molar-refractivity contribution in [3.63, 3.8) is 0 Å². The highest BCUT2D eigenvalue weighted by atomic mass is 35.5. The summed E-state index contributed by atoms with van der Waals surface area (Å²) in [4.78, 5) is 4.00. The summed E-state index contributed by atoms with van der Waals surface area (Å²) in [6, 6.07) is 0. The van der Waals surface area contributed by atoms with Crippen molar-refractivity contribution in [2.45, 2.75) is 110 Å². The summed E-state index contributed by atoms with van der Waals surface area (Å²) in [5.74, 6) is 0.907. The molecule has 0 rings (SSSR count). The summed E-state index contributed by atoms with van der Waals surface area (Å²) in [5, 5.41) is 0. The second kappa shape index (κ2) is 23.6. The van der Waals surface area contributed by atoms with Crippen molar-refractivity contribution in [3.05, 3.63) is 0 Å². The van der Waals surface area contributed by atoms with Crippen LogP contribution in [0.5, 0.6) is 0 Å². The Morgan fingerprint density at radius 3 is 1.70 bits per heavy atom. The minimum absolute atomic E-state index is 0. The third-order valence-electron chi connectivity index (χ3n) is 5.03. The standard InChI is InChI=1S/C22H47N3O.ClH/c1-3-5-7-9-10-12-14-17-21(16-13-11-8-6-4-2)20-26-19-15-18-25-22(23)24;/h21H,3-20H2,1-2H3,(H4,23,24,25);1H. The van der Waals surface area contributed by atoms with Crippen molar-refractivity contribution in [1.29, 1.82) is 0 Å². The zero-order valence-electron chi connectivity index (χ0n) is 18.2. The number of nitrogens with zero attached hydrogens (tertiary/aromatic N) is 1. The van der Waals surface area contributed by atoms with E-state index in [0.29, 0.717) is 6.54 Å². The Bertz CT molecular complexity index is 310. The highest BCUT2D eigenvalue weighted by Gasteiger charge is 2.09. The molecule has 0 radical (unpaired) electrons. The van der Waals surface area contributed by atoms with Crippen molar-refractivity contribution in [2.75, 3.05) is 19.8 Å². The van der Waals surface area contributed by atoms with E-state index < -0.39 is 0 Å². The molecule has 1 unspecified atom stereocenters. The van der Waals surface area contributed by atoms with Gasteiger partial charge in [0.15, 0.2) is 5.96 Å². The SMILES string of the molecule is CCCCCCCCCC(CCCCCCC)COCCCN=C(N)N.Cl. The number of hydrogen-bond acceptors (Lipinski definition) is 2. The molecule has 27 heavy (non-hydrogen) atoms. The fraction of sp³-hybridized carbons (Fsp3) is 0.955. The first-order valence-corrected chi connectivity index (χ1v) is 11.3. The van der Waals surface area contributed by atoms with Crippen molar-refractivity contribution in [1.82, 2.24) is 0 Å². The Labute approximate surface area is 175 Å². The minimum atomic E-state index is 0. The molecule has 5 heteroatoms. The van der Waals surface area contributed by atoms with Gasteiger partial charge < -0.3 is 16.2 Å². The van der Waals surface area contributed by atoms with E-state index in [1.165, 1.54) is 89.9 Å². The maximum absolute atomic E-state index is 5.92. The lowest BCUT2D eigenvalue weighted by Crippen LogP contribution is -2.23. The molecule has 0 aliphatic rings. The number of unbranched alkanes of at least 4 members (excludes halogenated alkanes) is 10. The van der Waals surface area contributed by atoms with Gasteiger partial charge in [-0.3, -0.25) is 4.99 Å². The molecule has 0 aromatic carbocycles. The third-order valence-corrected chi connectivity index (χ3v) is 5.03. The summed E-state index contributed by atoms with van der Waals surface area (Å²) in [5.41, 5.74) is 10.7. The molecule has 0 bridgehead atoms. The molecule has 0 spiro atoms. The van der Waals surface area contributed by atoms with Crippen LogP contribution in [0, 0.1) is 5.92 Å². The van der Waals surface area contributed by atoms with Gasteiger partial charge >= 0.3 is 0 Å². The average molecular weight is 406 g/mol. The topological polar surface area (TPSA) is 73.6 Å². The first-order chi connectivity index (χ1) is 12.7. The lowest BCUT2D eigenvalue weighted by Gasteiger charge is -2.17. The van der Waals surface area contributed by atoms with Gasteiger partial charge in [-0.05, 0) is 25.2 Å². The van der Waals surface area contributed by atoms with Gasteiger partial charge in [0.05, 0.1) is 0 Å². The van der Waals surface area contributed by atoms with E-state index in [4.69, 9.17) is 16.2 Å². The van der Waals surface area contributed by atoms with Crippen molar-refractivity contribution in [2.24, 2.45) is 22.4 Å².